The van der Waals surface area contributed by atoms with E-state index < -0.39 is 6.29 Å². The Kier molecular flexibility index (Phi) is 3.52. The van der Waals surface area contributed by atoms with E-state index in [0.29, 0.717) is 29.5 Å². The average Bonchev–Trinajstić information content (AvgIpc) is 3.06. The number of nitrogens with zero attached hydrogens (tertiary/aromatic N) is 1. The van der Waals surface area contributed by atoms with E-state index in [1.54, 1.807) is 18.1 Å². The summed E-state index contributed by atoms with van der Waals surface area (Å²) in [5, 5.41) is 0.659. The quantitative estimate of drug-likeness (QED) is 0.832. The Bertz CT molecular complexity index is 1050. The maximum atomic E-state index is 13.2. The van der Waals surface area contributed by atoms with Gasteiger partial charge in [0.1, 0.15) is 0 Å². The summed E-state index contributed by atoms with van der Waals surface area (Å²) < 4.78 is 11.0. The number of benzene rings is 1. The number of para-hydroxylation sites is 1. The van der Waals surface area contributed by atoms with Gasteiger partial charge in [0, 0.05) is 41.1 Å². The second-order valence-electron chi connectivity index (χ2n) is 7.31. The fraction of sp³-hybridized carbons (Fsp3) is 0.333. The van der Waals surface area contributed by atoms with Gasteiger partial charge in [-0.1, -0.05) is 18.2 Å². The smallest absolute Gasteiger partial charge is 0.254 e. The fourth-order valence-electron chi connectivity index (χ4n) is 4.73. The van der Waals surface area contributed by atoms with E-state index in [1.807, 2.05) is 24.3 Å². The number of nitrogens with one attached hydrogen (secondary N) is 1. The van der Waals surface area contributed by atoms with E-state index in [0.717, 1.165) is 11.2 Å². The highest BCUT2D eigenvalue weighted by atomic mass is 16.7. The summed E-state index contributed by atoms with van der Waals surface area (Å²) in [7, 11) is 1.59. The summed E-state index contributed by atoms with van der Waals surface area (Å²) >= 11 is 0. The molecule has 4 atom stereocenters. The van der Waals surface area contributed by atoms with E-state index >= 15 is 0 Å². The van der Waals surface area contributed by atoms with Gasteiger partial charge in [0.05, 0.1) is 24.4 Å². The zero-order valence-corrected chi connectivity index (χ0v) is 15.0. The van der Waals surface area contributed by atoms with E-state index in [2.05, 4.69) is 11.6 Å². The van der Waals surface area contributed by atoms with Crippen molar-refractivity contribution in [2.45, 2.75) is 25.3 Å². The number of carbonyl (C=O) groups is 1. The van der Waals surface area contributed by atoms with Crippen molar-refractivity contribution >= 4 is 16.8 Å². The van der Waals surface area contributed by atoms with Gasteiger partial charge in [0.25, 0.3) is 5.91 Å². The Hall–Kier alpha value is -2.86. The molecule has 0 aliphatic carbocycles. The number of fused-ring (bicyclic) bond motifs is 5. The molecule has 5 rings (SSSR count). The number of hydrogen-bond donors (Lipinski definition) is 1. The van der Waals surface area contributed by atoms with Crippen molar-refractivity contribution in [1.82, 2.24) is 9.88 Å². The van der Waals surface area contributed by atoms with Crippen molar-refractivity contribution in [3.8, 4) is 0 Å². The summed E-state index contributed by atoms with van der Waals surface area (Å²) in [6, 6.07) is 7.33. The van der Waals surface area contributed by atoms with Gasteiger partial charge >= 0.3 is 0 Å². The molecule has 0 saturated carbocycles. The van der Waals surface area contributed by atoms with Gasteiger partial charge in [0.15, 0.2) is 5.43 Å². The predicted molar refractivity (Wildman–Crippen MR) is 99.6 cm³/mol. The number of amides is 1. The predicted octanol–water partition coefficient (Wildman–Crippen LogP) is 2.62. The summed E-state index contributed by atoms with van der Waals surface area (Å²) in [5.74, 6) is -0.237. The Morgan fingerprint density at radius 3 is 2.93 bits per heavy atom. The van der Waals surface area contributed by atoms with Gasteiger partial charge in [-0.3, -0.25) is 9.59 Å². The van der Waals surface area contributed by atoms with Crippen LogP contribution >= 0.6 is 0 Å². The van der Waals surface area contributed by atoms with Crippen molar-refractivity contribution in [3.05, 3.63) is 70.2 Å². The molecule has 138 valence electrons. The maximum absolute atomic E-state index is 13.2. The van der Waals surface area contributed by atoms with Crippen LogP contribution in [0.25, 0.3) is 10.9 Å². The Morgan fingerprint density at radius 2 is 2.15 bits per heavy atom. The minimum Gasteiger partial charge on any atom is -0.471 e. The van der Waals surface area contributed by atoms with Crippen LogP contribution < -0.4 is 5.43 Å². The van der Waals surface area contributed by atoms with E-state index in [1.165, 1.54) is 6.26 Å². The molecule has 1 amide bonds. The van der Waals surface area contributed by atoms with Gasteiger partial charge in [0.2, 0.25) is 6.29 Å². The van der Waals surface area contributed by atoms with Gasteiger partial charge in [-0.05, 0) is 18.6 Å². The second kappa shape index (κ2) is 5.82. The highest BCUT2D eigenvalue weighted by Gasteiger charge is 2.49. The standard InChI is InChI=1S/C21H20N2O4/c1-3-11-13-8-17-18-14(19(24)12-6-4-5-7-16(12)22-18)9-23(17)20(25)15(13)10-27-21(11)26-2/h3-7,10-11,13,17,21H,1,8-9H2,2H3,(H,22,24)/t11-,13+,17+,21-/m1/s1. The number of H-pyrrole nitrogens is 1. The molecule has 1 aromatic carbocycles. The molecule has 0 radical (unpaired) electrons. The number of carbonyl (C=O) groups excluding carboxylic acids is 1. The third-order valence-corrected chi connectivity index (χ3v) is 6.08. The van der Waals surface area contributed by atoms with Gasteiger partial charge in [-0.2, -0.15) is 0 Å². The highest BCUT2D eigenvalue weighted by molar-refractivity contribution is 5.96. The van der Waals surface area contributed by atoms with Crippen molar-refractivity contribution in [3.63, 3.8) is 0 Å². The Morgan fingerprint density at radius 1 is 1.33 bits per heavy atom. The van der Waals surface area contributed by atoms with Crippen LogP contribution in [0, 0.1) is 11.8 Å². The van der Waals surface area contributed by atoms with Crippen LogP contribution in [0.1, 0.15) is 23.7 Å². The van der Waals surface area contributed by atoms with Crippen molar-refractivity contribution in [1.29, 1.82) is 0 Å². The molecule has 1 aromatic heterocycles. The summed E-state index contributed by atoms with van der Waals surface area (Å²) in [4.78, 5) is 31.3. The molecule has 0 unspecified atom stereocenters. The molecule has 0 bridgehead atoms. The first-order valence-electron chi connectivity index (χ1n) is 9.09. The highest BCUT2D eigenvalue weighted by Crippen LogP contribution is 2.48. The van der Waals surface area contributed by atoms with E-state index in [9.17, 15) is 9.59 Å². The zero-order chi connectivity index (χ0) is 18.7. The number of pyridine rings is 1. The van der Waals surface area contributed by atoms with E-state index in [-0.39, 0.29) is 29.2 Å². The third-order valence-electron chi connectivity index (χ3n) is 6.08. The second-order valence-corrected chi connectivity index (χ2v) is 7.31. The molecule has 2 aromatic rings. The number of ether oxygens (including phenoxy) is 2. The molecule has 27 heavy (non-hydrogen) atoms. The van der Waals surface area contributed by atoms with Crippen LogP contribution in [-0.4, -0.2) is 29.2 Å². The topological polar surface area (TPSA) is 71.6 Å². The molecule has 1 saturated heterocycles. The summed E-state index contributed by atoms with van der Waals surface area (Å²) in [6.07, 6.45) is 3.58. The molecule has 3 aliphatic heterocycles. The summed E-state index contributed by atoms with van der Waals surface area (Å²) in [6.45, 7) is 4.24. The number of piperidine rings is 1. The fourth-order valence-corrected chi connectivity index (χ4v) is 4.73. The first-order chi connectivity index (χ1) is 13.1. The molecule has 1 fully saturated rings. The number of aromatic nitrogens is 1. The minimum atomic E-state index is -0.452. The molecule has 6 heteroatoms. The van der Waals surface area contributed by atoms with Gasteiger partial charge in [-0.15, -0.1) is 6.58 Å². The third kappa shape index (κ3) is 2.16. The first kappa shape index (κ1) is 16.3. The van der Waals surface area contributed by atoms with Crippen molar-refractivity contribution in [2.75, 3.05) is 7.11 Å². The SMILES string of the molecule is C=C[C@H]1[C@H](OC)OC=C2C(=O)N3Cc4c([nH]c5ccccc5c4=O)[C@@H]3C[C@H]21. The zero-order valence-electron chi connectivity index (χ0n) is 15.0. The van der Waals surface area contributed by atoms with Crippen LogP contribution in [0.3, 0.4) is 0 Å². The lowest BCUT2D eigenvalue weighted by molar-refractivity contribution is -0.149. The maximum Gasteiger partial charge on any atom is 0.254 e. The number of hydrogen-bond acceptors (Lipinski definition) is 4. The molecular formula is C21H20N2O4. The number of aromatic amines is 1. The Labute approximate surface area is 156 Å². The van der Waals surface area contributed by atoms with Crippen molar-refractivity contribution < 1.29 is 14.3 Å². The molecule has 3 aliphatic rings. The van der Waals surface area contributed by atoms with Crippen LogP contribution in [0.4, 0.5) is 0 Å². The lowest BCUT2D eigenvalue weighted by Crippen LogP contribution is -2.46. The minimum absolute atomic E-state index is 0.00444. The number of methoxy groups -OCH3 is 1. The first-order valence-corrected chi connectivity index (χ1v) is 9.09. The lowest BCUT2D eigenvalue weighted by atomic mass is 9.76. The lowest BCUT2D eigenvalue weighted by Gasteiger charge is -2.42. The Balaban J connectivity index is 1.63. The number of rotatable bonds is 2. The van der Waals surface area contributed by atoms with E-state index in [4.69, 9.17) is 9.47 Å². The molecule has 4 heterocycles. The average molecular weight is 364 g/mol. The molecular weight excluding hydrogens is 344 g/mol. The van der Waals surface area contributed by atoms with Crippen LogP contribution in [0.15, 0.2) is 53.6 Å². The summed E-state index contributed by atoms with van der Waals surface area (Å²) in [5.41, 5.74) is 2.98. The molecule has 6 nitrogen and oxygen atoms in total. The normalized spacial score (nSPS) is 28.9. The van der Waals surface area contributed by atoms with Crippen LogP contribution in [-0.2, 0) is 20.8 Å². The van der Waals surface area contributed by atoms with Crippen LogP contribution in [0.2, 0.25) is 0 Å². The van der Waals surface area contributed by atoms with Gasteiger partial charge < -0.3 is 19.4 Å². The largest absolute Gasteiger partial charge is 0.471 e. The molecule has 0 spiro atoms. The molecule has 1 N–H and O–H groups in total. The monoisotopic (exact) mass is 364 g/mol. The van der Waals surface area contributed by atoms with Crippen molar-refractivity contribution in [2.24, 2.45) is 11.8 Å². The van der Waals surface area contributed by atoms with Gasteiger partial charge in [-0.25, -0.2) is 0 Å². The van der Waals surface area contributed by atoms with Crippen LogP contribution in [0.5, 0.6) is 0 Å².